The van der Waals surface area contributed by atoms with Crippen LogP contribution in [0.1, 0.15) is 37.2 Å². The van der Waals surface area contributed by atoms with Gasteiger partial charge in [0.15, 0.2) is 5.82 Å². The van der Waals surface area contributed by atoms with Gasteiger partial charge >= 0.3 is 5.97 Å². The van der Waals surface area contributed by atoms with Crippen LogP contribution in [0.15, 0.2) is 15.6 Å². The molecule has 1 aliphatic rings. The van der Waals surface area contributed by atoms with Gasteiger partial charge in [-0.25, -0.2) is 9.18 Å². The van der Waals surface area contributed by atoms with Crippen LogP contribution in [0.3, 0.4) is 0 Å². The zero-order chi connectivity index (χ0) is 18.5. The van der Waals surface area contributed by atoms with E-state index in [4.69, 9.17) is 16.3 Å². The van der Waals surface area contributed by atoms with E-state index in [0.29, 0.717) is 16.8 Å². The molecule has 6 nitrogen and oxygen atoms in total. The molecule has 9 heteroatoms. The second-order valence-corrected chi connectivity index (χ2v) is 7.24. The van der Waals surface area contributed by atoms with Gasteiger partial charge in [-0.1, -0.05) is 25.4 Å². The number of hydrogen-bond donors (Lipinski definition) is 0. The first-order valence-corrected chi connectivity index (χ1v) is 8.98. The van der Waals surface area contributed by atoms with E-state index in [1.807, 2.05) is 13.8 Å². The summed E-state index contributed by atoms with van der Waals surface area (Å²) in [6.45, 7) is 6.10. The summed E-state index contributed by atoms with van der Waals surface area (Å²) in [4.78, 5) is 24.4. The Labute approximate surface area is 156 Å². The average molecular weight is 433 g/mol. The third-order valence-electron chi connectivity index (χ3n) is 4.24. The molecule has 0 saturated heterocycles. The SMILES string of the molecule is CCOC(=O)c1cn2c(c(F)c1=O)-c1c(Cl)c(Br)nn1C[C@H]2C(C)C. The molecule has 0 radical (unpaired) electrons. The minimum Gasteiger partial charge on any atom is -0.462 e. The highest BCUT2D eigenvalue weighted by atomic mass is 79.9. The van der Waals surface area contributed by atoms with Crippen LogP contribution in [0.4, 0.5) is 4.39 Å². The van der Waals surface area contributed by atoms with E-state index in [1.54, 1.807) is 16.2 Å². The van der Waals surface area contributed by atoms with Crippen LogP contribution in [-0.2, 0) is 11.3 Å². The Hall–Kier alpha value is -1.67. The number of nitrogens with zero attached hydrogens (tertiary/aromatic N) is 3. The summed E-state index contributed by atoms with van der Waals surface area (Å²) in [5.74, 6) is -1.77. The van der Waals surface area contributed by atoms with Crippen LogP contribution < -0.4 is 5.43 Å². The lowest BCUT2D eigenvalue weighted by Gasteiger charge is -2.32. The van der Waals surface area contributed by atoms with Gasteiger partial charge in [0.2, 0.25) is 5.43 Å². The van der Waals surface area contributed by atoms with Gasteiger partial charge in [0, 0.05) is 6.20 Å². The van der Waals surface area contributed by atoms with E-state index in [1.165, 1.54) is 6.20 Å². The first-order chi connectivity index (χ1) is 11.8. The van der Waals surface area contributed by atoms with E-state index in [-0.39, 0.29) is 34.8 Å². The highest BCUT2D eigenvalue weighted by Gasteiger charge is 2.35. The standard InChI is InChI=1S/C16H16BrClFN3O3/c1-4-25-16(24)8-5-21-9(7(2)3)6-22-12(10(18)15(17)20-22)13(21)11(19)14(8)23/h5,7,9H,4,6H2,1-3H3/t9-/m0/s1. The van der Waals surface area contributed by atoms with Crippen LogP contribution in [0.25, 0.3) is 11.4 Å². The summed E-state index contributed by atoms with van der Waals surface area (Å²) < 4.78 is 23.4. The maximum Gasteiger partial charge on any atom is 0.343 e. The molecule has 0 spiro atoms. The third kappa shape index (κ3) is 2.81. The fourth-order valence-corrected chi connectivity index (χ4v) is 3.61. The first kappa shape index (κ1) is 18.1. The fraction of sp³-hybridized carbons (Fsp3) is 0.438. The number of carbonyl (C=O) groups excluding carboxylic acids is 1. The van der Waals surface area contributed by atoms with Gasteiger partial charge in [-0.15, -0.1) is 0 Å². The van der Waals surface area contributed by atoms with Gasteiger partial charge in [-0.2, -0.15) is 5.10 Å². The summed E-state index contributed by atoms with van der Waals surface area (Å²) >= 11 is 9.49. The lowest BCUT2D eigenvalue weighted by atomic mass is 9.99. The summed E-state index contributed by atoms with van der Waals surface area (Å²) in [5, 5.41) is 4.49. The Kier molecular flexibility index (Phi) is 4.76. The second kappa shape index (κ2) is 6.57. The highest BCUT2D eigenvalue weighted by molar-refractivity contribution is 9.10. The molecule has 0 amide bonds. The highest BCUT2D eigenvalue weighted by Crippen LogP contribution is 2.41. The molecule has 134 valence electrons. The Morgan fingerprint density at radius 3 is 2.80 bits per heavy atom. The molecule has 0 saturated carbocycles. The zero-order valence-corrected chi connectivity index (χ0v) is 16.2. The second-order valence-electron chi connectivity index (χ2n) is 6.11. The largest absolute Gasteiger partial charge is 0.462 e. The molecule has 2 aromatic rings. The number of carbonyl (C=O) groups is 1. The summed E-state index contributed by atoms with van der Waals surface area (Å²) in [6.07, 6.45) is 1.37. The van der Waals surface area contributed by atoms with Crippen LogP contribution in [0.2, 0.25) is 5.02 Å². The normalized spacial score (nSPS) is 15.9. The molecule has 3 heterocycles. The predicted octanol–water partition coefficient (Wildman–Crippen LogP) is 3.65. The number of fused-ring (bicyclic) bond motifs is 3. The quantitative estimate of drug-likeness (QED) is 0.694. The first-order valence-electron chi connectivity index (χ1n) is 7.81. The van der Waals surface area contributed by atoms with Crippen molar-refractivity contribution in [3.8, 4) is 11.4 Å². The third-order valence-corrected chi connectivity index (χ3v) is 5.38. The lowest BCUT2D eigenvalue weighted by Crippen LogP contribution is -2.33. The summed E-state index contributed by atoms with van der Waals surface area (Å²) in [6, 6.07) is -0.200. The van der Waals surface area contributed by atoms with Crippen molar-refractivity contribution in [1.82, 2.24) is 14.3 Å². The summed E-state index contributed by atoms with van der Waals surface area (Å²) in [7, 11) is 0. The van der Waals surface area contributed by atoms with E-state index >= 15 is 0 Å². The Morgan fingerprint density at radius 2 is 2.20 bits per heavy atom. The molecular weight excluding hydrogens is 417 g/mol. The lowest BCUT2D eigenvalue weighted by molar-refractivity contribution is 0.0522. The van der Waals surface area contributed by atoms with Gasteiger partial charge in [0.25, 0.3) is 0 Å². The molecule has 2 aromatic heterocycles. The van der Waals surface area contributed by atoms with Crippen molar-refractivity contribution in [1.29, 1.82) is 0 Å². The van der Waals surface area contributed by atoms with Crippen LogP contribution >= 0.6 is 27.5 Å². The van der Waals surface area contributed by atoms with E-state index in [9.17, 15) is 14.0 Å². The van der Waals surface area contributed by atoms with Crippen molar-refractivity contribution >= 4 is 33.5 Å². The molecule has 0 fully saturated rings. The average Bonchev–Trinajstić information content (AvgIpc) is 2.84. The van der Waals surface area contributed by atoms with E-state index in [0.717, 1.165) is 0 Å². The van der Waals surface area contributed by atoms with Crippen molar-refractivity contribution < 1.29 is 13.9 Å². The molecule has 0 N–H and O–H groups in total. The van der Waals surface area contributed by atoms with Gasteiger partial charge in [-0.3, -0.25) is 9.48 Å². The van der Waals surface area contributed by atoms with Gasteiger partial charge < -0.3 is 9.30 Å². The topological polar surface area (TPSA) is 66.1 Å². The molecule has 1 aliphatic heterocycles. The number of halogens is 3. The Morgan fingerprint density at radius 1 is 1.52 bits per heavy atom. The molecule has 0 aliphatic carbocycles. The Bertz CT molecular complexity index is 922. The predicted molar refractivity (Wildman–Crippen MR) is 94.4 cm³/mol. The van der Waals surface area contributed by atoms with Crippen LogP contribution in [0.5, 0.6) is 0 Å². The molecule has 1 atom stereocenters. The smallest absolute Gasteiger partial charge is 0.343 e. The zero-order valence-electron chi connectivity index (χ0n) is 13.8. The minimum atomic E-state index is -1.04. The van der Waals surface area contributed by atoms with Crippen molar-refractivity contribution in [2.75, 3.05) is 6.61 Å². The minimum absolute atomic E-state index is 0.0335. The van der Waals surface area contributed by atoms with Gasteiger partial charge in [-0.05, 0) is 28.8 Å². The molecule has 0 aromatic carbocycles. The monoisotopic (exact) mass is 431 g/mol. The van der Waals surface area contributed by atoms with Crippen molar-refractivity contribution in [2.45, 2.75) is 33.4 Å². The van der Waals surface area contributed by atoms with E-state index in [2.05, 4.69) is 21.0 Å². The van der Waals surface area contributed by atoms with Crippen LogP contribution in [-0.4, -0.2) is 26.9 Å². The van der Waals surface area contributed by atoms with Crippen molar-refractivity contribution in [3.05, 3.63) is 37.4 Å². The number of pyridine rings is 1. The maximum atomic E-state index is 15.0. The fourth-order valence-electron chi connectivity index (χ4n) is 3.01. The molecule has 0 bridgehead atoms. The van der Waals surface area contributed by atoms with E-state index < -0.39 is 17.2 Å². The maximum absolute atomic E-state index is 15.0. The molecule has 0 unspecified atom stereocenters. The number of ether oxygens (including phenoxy) is 1. The van der Waals surface area contributed by atoms with Gasteiger partial charge in [0.05, 0.1) is 19.2 Å². The molecule has 3 rings (SSSR count). The molecular formula is C16H16BrClFN3O3. The van der Waals surface area contributed by atoms with Gasteiger partial charge in [0.1, 0.15) is 26.6 Å². The Balaban J connectivity index is 2.34. The molecule has 25 heavy (non-hydrogen) atoms. The van der Waals surface area contributed by atoms with Crippen molar-refractivity contribution in [2.24, 2.45) is 5.92 Å². The number of rotatable bonds is 3. The number of aromatic nitrogens is 3. The van der Waals surface area contributed by atoms with Crippen LogP contribution in [0, 0.1) is 11.7 Å². The number of hydrogen-bond acceptors (Lipinski definition) is 4. The number of esters is 1. The van der Waals surface area contributed by atoms with Crippen molar-refractivity contribution in [3.63, 3.8) is 0 Å². The summed E-state index contributed by atoms with van der Waals surface area (Å²) in [5.41, 5.74) is -0.979.